The van der Waals surface area contributed by atoms with Gasteiger partial charge in [-0.1, -0.05) is 42.3 Å². The molecular weight excluding hydrogens is 474 g/mol. The molecule has 4 rings (SSSR count). The van der Waals surface area contributed by atoms with Crippen LogP contribution in [-0.4, -0.2) is 47.0 Å². The van der Waals surface area contributed by atoms with Crippen LogP contribution in [0.25, 0.3) is 0 Å². The Kier molecular flexibility index (Phi) is 7.69. The largest absolute Gasteiger partial charge is 0.354 e. The number of rotatable bonds is 5. The molecule has 178 valence electrons. The lowest BCUT2D eigenvalue weighted by atomic mass is 10.0. The predicted octanol–water partition coefficient (Wildman–Crippen LogP) is 5.74. The maximum atomic E-state index is 13.8. The first-order valence-electron chi connectivity index (χ1n) is 11.5. The van der Waals surface area contributed by atoms with Crippen LogP contribution in [0.4, 0.5) is 10.2 Å². The highest BCUT2D eigenvalue weighted by molar-refractivity contribution is 6.42. The molecule has 0 saturated carbocycles. The van der Waals surface area contributed by atoms with Crippen LogP contribution in [0.2, 0.25) is 10.0 Å². The zero-order valence-electron chi connectivity index (χ0n) is 19.3. The number of aromatic nitrogens is 2. The Morgan fingerprint density at radius 3 is 2.59 bits per heavy atom. The van der Waals surface area contributed by atoms with Crippen molar-refractivity contribution in [1.29, 1.82) is 0 Å². The smallest absolute Gasteiger partial charge is 0.253 e. The van der Waals surface area contributed by atoms with Gasteiger partial charge in [-0.3, -0.25) is 4.79 Å². The van der Waals surface area contributed by atoms with Crippen molar-refractivity contribution in [2.24, 2.45) is 0 Å². The summed E-state index contributed by atoms with van der Waals surface area (Å²) >= 11 is 12.1. The summed E-state index contributed by atoms with van der Waals surface area (Å²) in [5.41, 5.74) is 3.40. The van der Waals surface area contributed by atoms with Gasteiger partial charge in [-0.2, -0.15) is 0 Å². The zero-order chi connectivity index (χ0) is 24.2. The fourth-order valence-corrected chi connectivity index (χ4v) is 4.67. The van der Waals surface area contributed by atoms with Crippen molar-refractivity contribution in [3.05, 3.63) is 86.5 Å². The molecule has 8 heteroatoms. The lowest BCUT2D eigenvalue weighted by Crippen LogP contribution is -2.35. The number of carbonyl (C=O) groups is 1. The summed E-state index contributed by atoms with van der Waals surface area (Å²) in [6.45, 7) is 6.57. The molecule has 34 heavy (non-hydrogen) atoms. The second kappa shape index (κ2) is 10.7. The van der Waals surface area contributed by atoms with Gasteiger partial charge in [0.05, 0.1) is 10.0 Å². The number of amides is 1. The highest BCUT2D eigenvalue weighted by Gasteiger charge is 2.24. The van der Waals surface area contributed by atoms with Gasteiger partial charge >= 0.3 is 0 Å². The fraction of sp³-hybridized carbons (Fsp3) is 0.346. The molecule has 1 aromatic heterocycles. The molecular formula is C26H27Cl2FN4O. The van der Waals surface area contributed by atoms with E-state index in [1.807, 2.05) is 17.9 Å². The van der Waals surface area contributed by atoms with Gasteiger partial charge in [0.15, 0.2) is 0 Å². The number of aryl methyl sites for hydroxylation is 2. The normalized spacial score (nSPS) is 14.3. The van der Waals surface area contributed by atoms with Gasteiger partial charge < -0.3 is 9.80 Å². The Morgan fingerprint density at radius 2 is 1.85 bits per heavy atom. The van der Waals surface area contributed by atoms with Crippen LogP contribution >= 0.6 is 23.2 Å². The van der Waals surface area contributed by atoms with Gasteiger partial charge in [0, 0.05) is 49.4 Å². The first kappa shape index (κ1) is 24.4. The quantitative estimate of drug-likeness (QED) is 0.448. The van der Waals surface area contributed by atoms with Crippen LogP contribution < -0.4 is 4.90 Å². The summed E-state index contributed by atoms with van der Waals surface area (Å²) in [5.74, 6) is 1.27. The van der Waals surface area contributed by atoms with Crippen LogP contribution in [0, 0.1) is 12.7 Å². The third kappa shape index (κ3) is 5.50. The Bertz CT molecular complexity index is 1200. The van der Waals surface area contributed by atoms with E-state index in [0.29, 0.717) is 47.5 Å². The van der Waals surface area contributed by atoms with E-state index in [9.17, 15) is 9.18 Å². The number of nitrogens with zero attached hydrogens (tertiary/aromatic N) is 4. The van der Waals surface area contributed by atoms with E-state index in [4.69, 9.17) is 28.2 Å². The Labute approximate surface area is 209 Å². The summed E-state index contributed by atoms with van der Waals surface area (Å²) in [5, 5.41) is 0.798. The van der Waals surface area contributed by atoms with E-state index in [2.05, 4.69) is 16.8 Å². The molecule has 1 saturated heterocycles. The maximum Gasteiger partial charge on any atom is 0.253 e. The molecule has 2 aromatic carbocycles. The summed E-state index contributed by atoms with van der Waals surface area (Å²) < 4.78 is 13.8. The molecule has 0 unspecified atom stereocenters. The average Bonchev–Trinajstić information content (AvgIpc) is 3.07. The number of carbonyl (C=O) groups excluding carboxylic acids is 1. The number of anilines is 1. The third-order valence-corrected chi connectivity index (χ3v) is 6.78. The molecule has 1 aliphatic rings. The monoisotopic (exact) mass is 500 g/mol. The molecule has 0 atom stereocenters. The van der Waals surface area contributed by atoms with Gasteiger partial charge in [-0.05, 0) is 55.7 Å². The van der Waals surface area contributed by atoms with Crippen molar-refractivity contribution in [2.75, 3.05) is 31.1 Å². The van der Waals surface area contributed by atoms with Crippen LogP contribution in [0.5, 0.6) is 0 Å². The summed E-state index contributed by atoms with van der Waals surface area (Å²) in [7, 11) is 0. The molecule has 0 N–H and O–H groups in total. The summed E-state index contributed by atoms with van der Waals surface area (Å²) in [6, 6.07) is 11.6. The van der Waals surface area contributed by atoms with Gasteiger partial charge in [0.25, 0.3) is 5.91 Å². The molecule has 2 heterocycles. The molecule has 1 aliphatic heterocycles. The second-order valence-electron chi connectivity index (χ2n) is 8.44. The van der Waals surface area contributed by atoms with Crippen LogP contribution in [0.3, 0.4) is 0 Å². The summed E-state index contributed by atoms with van der Waals surface area (Å²) in [6.07, 6.45) is 2.12. The standard InChI is InChI=1S/C26H27Cl2FN4O/c1-3-24-21(15-18-6-4-7-20(29)14-18)25(31-17(2)30-24)32-10-5-11-33(13-12-32)26(34)19-8-9-22(27)23(28)16-19/h4,6-9,14,16H,3,5,10-13,15H2,1-2H3. The highest BCUT2D eigenvalue weighted by atomic mass is 35.5. The van der Waals surface area contributed by atoms with E-state index in [1.165, 1.54) is 6.07 Å². The van der Waals surface area contributed by atoms with Gasteiger partial charge in [0.1, 0.15) is 17.5 Å². The van der Waals surface area contributed by atoms with Gasteiger partial charge in [-0.15, -0.1) is 0 Å². The predicted molar refractivity (Wildman–Crippen MR) is 135 cm³/mol. The third-order valence-electron chi connectivity index (χ3n) is 6.04. The molecule has 5 nitrogen and oxygen atoms in total. The first-order chi connectivity index (χ1) is 16.4. The minimum absolute atomic E-state index is 0.0616. The minimum Gasteiger partial charge on any atom is -0.354 e. The number of hydrogen-bond acceptors (Lipinski definition) is 4. The fourth-order valence-electron chi connectivity index (χ4n) is 4.37. The van der Waals surface area contributed by atoms with Gasteiger partial charge in [-0.25, -0.2) is 14.4 Å². The molecule has 0 radical (unpaired) electrons. The first-order valence-corrected chi connectivity index (χ1v) is 12.2. The van der Waals surface area contributed by atoms with E-state index in [-0.39, 0.29) is 11.7 Å². The van der Waals surface area contributed by atoms with E-state index in [0.717, 1.165) is 42.0 Å². The number of halogens is 3. The van der Waals surface area contributed by atoms with E-state index >= 15 is 0 Å². The van der Waals surface area contributed by atoms with E-state index in [1.54, 1.807) is 30.3 Å². The zero-order valence-corrected chi connectivity index (χ0v) is 20.8. The Hall–Kier alpha value is -2.70. The lowest BCUT2D eigenvalue weighted by Gasteiger charge is -2.26. The molecule has 0 aliphatic carbocycles. The number of benzene rings is 2. The van der Waals surface area contributed by atoms with Crippen molar-refractivity contribution < 1.29 is 9.18 Å². The second-order valence-corrected chi connectivity index (χ2v) is 9.26. The molecule has 1 fully saturated rings. The minimum atomic E-state index is -0.253. The van der Waals surface area contributed by atoms with Crippen molar-refractivity contribution in [3.8, 4) is 0 Å². The topological polar surface area (TPSA) is 49.3 Å². The van der Waals surface area contributed by atoms with Crippen LogP contribution in [-0.2, 0) is 12.8 Å². The lowest BCUT2D eigenvalue weighted by molar-refractivity contribution is 0.0767. The van der Waals surface area contributed by atoms with Crippen LogP contribution in [0.15, 0.2) is 42.5 Å². The molecule has 0 spiro atoms. The van der Waals surface area contributed by atoms with Crippen molar-refractivity contribution in [2.45, 2.75) is 33.1 Å². The molecule has 0 bridgehead atoms. The molecule has 1 amide bonds. The van der Waals surface area contributed by atoms with Crippen molar-refractivity contribution >= 4 is 34.9 Å². The average molecular weight is 501 g/mol. The Morgan fingerprint density at radius 1 is 1.03 bits per heavy atom. The summed E-state index contributed by atoms with van der Waals surface area (Å²) in [4.78, 5) is 26.6. The highest BCUT2D eigenvalue weighted by Crippen LogP contribution is 2.27. The number of hydrogen-bond donors (Lipinski definition) is 0. The van der Waals surface area contributed by atoms with Crippen molar-refractivity contribution in [1.82, 2.24) is 14.9 Å². The van der Waals surface area contributed by atoms with Gasteiger partial charge in [0.2, 0.25) is 0 Å². The maximum absolute atomic E-state index is 13.8. The molecule has 3 aromatic rings. The van der Waals surface area contributed by atoms with Crippen LogP contribution in [0.1, 0.15) is 46.3 Å². The SMILES string of the molecule is CCc1nc(C)nc(N2CCCN(C(=O)c3ccc(Cl)c(Cl)c3)CC2)c1Cc1cccc(F)c1. The van der Waals surface area contributed by atoms with E-state index < -0.39 is 0 Å². The Balaban J connectivity index is 1.59. The van der Waals surface area contributed by atoms with Crippen molar-refractivity contribution in [3.63, 3.8) is 0 Å².